The van der Waals surface area contributed by atoms with Gasteiger partial charge in [0.05, 0.1) is 11.1 Å². The van der Waals surface area contributed by atoms with Crippen LogP contribution >= 0.6 is 15.9 Å². The Labute approximate surface area is 131 Å². The highest BCUT2D eigenvalue weighted by molar-refractivity contribution is 9.10. The molecule has 2 aromatic rings. The summed E-state index contributed by atoms with van der Waals surface area (Å²) in [5.41, 5.74) is 1.76. The Morgan fingerprint density at radius 1 is 1.29 bits per heavy atom. The fourth-order valence-electron chi connectivity index (χ4n) is 2.50. The van der Waals surface area contributed by atoms with E-state index in [4.69, 9.17) is 4.74 Å². The molecule has 0 saturated heterocycles. The van der Waals surface area contributed by atoms with Gasteiger partial charge in [-0.2, -0.15) is 0 Å². The molecular formula is C17H14BrFO2. The standard InChI is InChI=1S/C17H14BrFO2/c1-17(2)9-21-14-7-6-10(8-12(14)17)16(20)11-4-3-5-13(19)15(11)18/h3-8H,9H2,1-2H3. The third-order valence-corrected chi connectivity index (χ3v) is 4.56. The summed E-state index contributed by atoms with van der Waals surface area (Å²) in [6.45, 7) is 4.75. The van der Waals surface area contributed by atoms with Crippen LogP contribution in [0, 0.1) is 5.82 Å². The highest BCUT2D eigenvalue weighted by Gasteiger charge is 2.32. The third-order valence-electron chi connectivity index (χ3n) is 3.76. The van der Waals surface area contributed by atoms with Crippen molar-refractivity contribution in [2.45, 2.75) is 19.3 Å². The second kappa shape index (κ2) is 4.95. The van der Waals surface area contributed by atoms with Crippen molar-refractivity contribution >= 4 is 21.7 Å². The molecule has 0 aliphatic carbocycles. The smallest absolute Gasteiger partial charge is 0.194 e. The van der Waals surface area contributed by atoms with Crippen LogP contribution in [0.25, 0.3) is 0 Å². The van der Waals surface area contributed by atoms with Crippen molar-refractivity contribution in [1.29, 1.82) is 0 Å². The van der Waals surface area contributed by atoms with Crippen LogP contribution in [0.15, 0.2) is 40.9 Å². The summed E-state index contributed by atoms with van der Waals surface area (Å²) in [5, 5.41) is 0. The molecule has 3 rings (SSSR count). The van der Waals surface area contributed by atoms with Gasteiger partial charge in [-0.05, 0) is 46.3 Å². The largest absolute Gasteiger partial charge is 0.492 e. The fourth-order valence-corrected chi connectivity index (χ4v) is 2.94. The number of carbonyl (C=O) groups is 1. The van der Waals surface area contributed by atoms with Crippen molar-refractivity contribution in [3.05, 3.63) is 63.4 Å². The van der Waals surface area contributed by atoms with Crippen LogP contribution in [0.4, 0.5) is 4.39 Å². The minimum atomic E-state index is -0.439. The van der Waals surface area contributed by atoms with Crippen LogP contribution in [0.2, 0.25) is 0 Å². The van der Waals surface area contributed by atoms with E-state index in [2.05, 4.69) is 29.8 Å². The van der Waals surface area contributed by atoms with E-state index in [9.17, 15) is 9.18 Å². The minimum absolute atomic E-state index is 0.120. The lowest BCUT2D eigenvalue weighted by Crippen LogP contribution is -2.18. The van der Waals surface area contributed by atoms with E-state index in [0.717, 1.165) is 11.3 Å². The zero-order valence-corrected chi connectivity index (χ0v) is 13.3. The number of carbonyl (C=O) groups excluding carboxylic acids is 1. The summed E-state index contributed by atoms with van der Waals surface area (Å²) in [7, 11) is 0. The minimum Gasteiger partial charge on any atom is -0.492 e. The highest BCUT2D eigenvalue weighted by Crippen LogP contribution is 2.39. The molecule has 0 bridgehead atoms. The maximum atomic E-state index is 13.6. The lowest BCUT2D eigenvalue weighted by atomic mass is 9.85. The van der Waals surface area contributed by atoms with Gasteiger partial charge in [-0.15, -0.1) is 0 Å². The molecule has 0 radical (unpaired) electrons. The first-order valence-electron chi connectivity index (χ1n) is 6.66. The first-order valence-corrected chi connectivity index (χ1v) is 7.45. The predicted octanol–water partition coefficient (Wildman–Crippen LogP) is 4.49. The molecule has 0 unspecified atom stereocenters. The summed E-state index contributed by atoms with van der Waals surface area (Å²) in [6.07, 6.45) is 0. The number of halogens is 2. The molecular weight excluding hydrogens is 335 g/mol. The van der Waals surface area contributed by atoms with Crippen LogP contribution in [-0.4, -0.2) is 12.4 Å². The second-order valence-electron chi connectivity index (χ2n) is 5.81. The van der Waals surface area contributed by atoms with Gasteiger partial charge in [-0.25, -0.2) is 4.39 Å². The maximum Gasteiger partial charge on any atom is 0.194 e. The molecule has 2 aromatic carbocycles. The number of hydrogen-bond donors (Lipinski definition) is 0. The first-order chi connectivity index (χ1) is 9.90. The molecule has 0 fully saturated rings. The van der Waals surface area contributed by atoms with Gasteiger partial charge in [0.15, 0.2) is 5.78 Å². The van der Waals surface area contributed by atoms with Crippen molar-refractivity contribution < 1.29 is 13.9 Å². The molecule has 0 N–H and O–H groups in total. The van der Waals surface area contributed by atoms with E-state index in [-0.39, 0.29) is 15.7 Å². The van der Waals surface area contributed by atoms with Crippen LogP contribution < -0.4 is 4.74 Å². The monoisotopic (exact) mass is 348 g/mol. The number of ether oxygens (including phenoxy) is 1. The molecule has 1 aliphatic heterocycles. The molecule has 0 saturated carbocycles. The quantitative estimate of drug-likeness (QED) is 0.747. The number of fused-ring (bicyclic) bond motifs is 1. The Kier molecular flexibility index (Phi) is 3.36. The van der Waals surface area contributed by atoms with E-state index in [1.54, 1.807) is 12.1 Å². The van der Waals surface area contributed by atoms with Gasteiger partial charge in [0.25, 0.3) is 0 Å². The van der Waals surface area contributed by atoms with Crippen LogP contribution in [-0.2, 0) is 5.41 Å². The lowest BCUT2D eigenvalue weighted by molar-refractivity contribution is 0.103. The van der Waals surface area contributed by atoms with Gasteiger partial charge in [0.2, 0.25) is 0 Å². The van der Waals surface area contributed by atoms with Crippen LogP contribution in [0.1, 0.15) is 35.3 Å². The number of hydrogen-bond acceptors (Lipinski definition) is 2. The van der Waals surface area contributed by atoms with E-state index in [1.807, 2.05) is 12.1 Å². The highest BCUT2D eigenvalue weighted by atomic mass is 79.9. The average Bonchev–Trinajstić information content (AvgIpc) is 2.76. The molecule has 0 atom stereocenters. The zero-order valence-electron chi connectivity index (χ0n) is 11.7. The zero-order chi connectivity index (χ0) is 15.2. The molecule has 1 aliphatic rings. The van der Waals surface area contributed by atoms with Crippen molar-refractivity contribution in [2.75, 3.05) is 6.61 Å². The molecule has 108 valence electrons. The van der Waals surface area contributed by atoms with Crippen LogP contribution in [0.5, 0.6) is 5.75 Å². The second-order valence-corrected chi connectivity index (χ2v) is 6.61. The Hall–Kier alpha value is -1.68. The lowest BCUT2D eigenvalue weighted by Gasteiger charge is -2.15. The molecule has 4 heteroatoms. The number of benzene rings is 2. The van der Waals surface area contributed by atoms with Gasteiger partial charge in [-0.3, -0.25) is 4.79 Å². The van der Waals surface area contributed by atoms with Gasteiger partial charge in [0, 0.05) is 22.1 Å². The summed E-state index contributed by atoms with van der Waals surface area (Å²) in [5.74, 6) is 0.174. The summed E-state index contributed by atoms with van der Waals surface area (Å²) in [4.78, 5) is 12.6. The normalized spacial score (nSPS) is 15.4. The fraction of sp³-hybridized carbons (Fsp3) is 0.235. The van der Waals surface area contributed by atoms with Gasteiger partial charge in [-0.1, -0.05) is 19.9 Å². The Morgan fingerprint density at radius 2 is 2.05 bits per heavy atom. The number of rotatable bonds is 2. The van der Waals surface area contributed by atoms with Crippen molar-refractivity contribution in [1.82, 2.24) is 0 Å². The summed E-state index contributed by atoms with van der Waals surface area (Å²) in [6, 6.07) is 9.85. The van der Waals surface area contributed by atoms with Gasteiger partial charge >= 0.3 is 0 Å². The van der Waals surface area contributed by atoms with E-state index < -0.39 is 5.82 Å². The average molecular weight is 349 g/mol. The molecule has 0 spiro atoms. The van der Waals surface area contributed by atoms with Crippen molar-refractivity contribution in [2.24, 2.45) is 0 Å². The van der Waals surface area contributed by atoms with Crippen LogP contribution in [0.3, 0.4) is 0 Å². The van der Waals surface area contributed by atoms with Crippen molar-refractivity contribution in [3.63, 3.8) is 0 Å². The first kappa shape index (κ1) is 14.3. The van der Waals surface area contributed by atoms with E-state index in [0.29, 0.717) is 17.7 Å². The summed E-state index contributed by atoms with van der Waals surface area (Å²) >= 11 is 3.14. The summed E-state index contributed by atoms with van der Waals surface area (Å²) < 4.78 is 19.4. The SMILES string of the molecule is CC1(C)COc2ccc(C(=O)c3cccc(F)c3Br)cc21. The third kappa shape index (κ3) is 2.38. The Balaban J connectivity index is 2.06. The molecule has 0 aromatic heterocycles. The molecule has 1 heterocycles. The van der Waals surface area contributed by atoms with Gasteiger partial charge < -0.3 is 4.74 Å². The van der Waals surface area contributed by atoms with Gasteiger partial charge in [0.1, 0.15) is 11.6 Å². The maximum absolute atomic E-state index is 13.6. The Morgan fingerprint density at radius 3 is 2.81 bits per heavy atom. The Bertz CT molecular complexity index is 738. The van der Waals surface area contributed by atoms with Crippen molar-refractivity contribution in [3.8, 4) is 5.75 Å². The predicted molar refractivity (Wildman–Crippen MR) is 82.5 cm³/mol. The topological polar surface area (TPSA) is 26.3 Å². The molecule has 21 heavy (non-hydrogen) atoms. The number of ketones is 1. The molecule has 0 amide bonds. The molecule has 2 nitrogen and oxygen atoms in total. The van der Waals surface area contributed by atoms with E-state index >= 15 is 0 Å². The van der Waals surface area contributed by atoms with E-state index in [1.165, 1.54) is 12.1 Å².